The third kappa shape index (κ3) is 4.63. The van der Waals surface area contributed by atoms with Crippen LogP contribution in [0.15, 0.2) is 12.1 Å². The van der Waals surface area contributed by atoms with Crippen LogP contribution >= 0.6 is 23.2 Å². The summed E-state index contributed by atoms with van der Waals surface area (Å²) >= 11 is 11.9. The van der Waals surface area contributed by atoms with Gasteiger partial charge in [0.05, 0.1) is 10.0 Å². The Morgan fingerprint density at radius 3 is 2.48 bits per heavy atom. The van der Waals surface area contributed by atoms with Crippen molar-refractivity contribution in [3.63, 3.8) is 0 Å². The van der Waals surface area contributed by atoms with Crippen LogP contribution in [0.3, 0.4) is 0 Å². The zero-order valence-corrected chi connectivity index (χ0v) is 13.5. The van der Waals surface area contributed by atoms with E-state index in [1.165, 1.54) is 17.0 Å². The predicted octanol–water partition coefficient (Wildman–Crippen LogP) is 4.24. The van der Waals surface area contributed by atoms with Crippen LogP contribution in [0.1, 0.15) is 12.8 Å². The monoisotopic (exact) mass is 363 g/mol. The van der Waals surface area contributed by atoms with Crippen molar-refractivity contribution in [2.45, 2.75) is 18.8 Å². The molecule has 1 fully saturated rings. The third-order valence-corrected chi connectivity index (χ3v) is 3.84. The summed E-state index contributed by atoms with van der Waals surface area (Å²) in [5.41, 5.74) is 0. The molecule has 0 radical (unpaired) electrons. The average Bonchev–Trinajstić information content (AvgIpc) is 2.48. The van der Waals surface area contributed by atoms with Gasteiger partial charge in [-0.25, -0.2) is 13.6 Å². The summed E-state index contributed by atoms with van der Waals surface area (Å²) in [6, 6.07) is 2.68. The first-order valence-electron chi connectivity index (χ1n) is 6.72. The molecule has 8 heteroatoms. The van der Waals surface area contributed by atoms with Gasteiger partial charge in [-0.1, -0.05) is 29.1 Å². The number of benzene rings is 1. The first-order valence-corrected chi connectivity index (χ1v) is 7.48. The molecule has 1 heterocycles. The third-order valence-electron chi connectivity index (χ3n) is 3.25. The van der Waals surface area contributed by atoms with E-state index in [9.17, 15) is 13.6 Å². The second-order valence-electron chi connectivity index (χ2n) is 4.92. The van der Waals surface area contributed by atoms with Gasteiger partial charge in [0.15, 0.2) is 5.75 Å². The Bertz CT molecular complexity index is 636. The molecule has 0 atom stereocenters. The van der Waals surface area contributed by atoms with Gasteiger partial charge >= 0.3 is 6.09 Å². The zero-order chi connectivity index (χ0) is 17.0. The molecule has 0 bridgehead atoms. The van der Waals surface area contributed by atoms with E-state index in [-0.39, 0.29) is 41.2 Å². The van der Waals surface area contributed by atoms with Crippen LogP contribution in [0.4, 0.5) is 13.6 Å². The lowest BCUT2D eigenvalue weighted by molar-refractivity contribution is -0.0496. The lowest BCUT2D eigenvalue weighted by Gasteiger charge is -2.30. The van der Waals surface area contributed by atoms with Crippen LogP contribution in [0.5, 0.6) is 11.5 Å². The minimum Gasteiger partial charge on any atom is -0.479 e. The normalized spacial score (nSPS) is 16.6. The molecule has 1 saturated heterocycles. The Morgan fingerprint density at radius 2 is 1.87 bits per heavy atom. The molecule has 1 amide bonds. The van der Waals surface area contributed by atoms with Crippen molar-refractivity contribution in [1.82, 2.24) is 4.90 Å². The number of amides is 1. The van der Waals surface area contributed by atoms with E-state index >= 15 is 0 Å². The van der Waals surface area contributed by atoms with Gasteiger partial charge in [-0.2, -0.15) is 0 Å². The number of ether oxygens (including phenoxy) is 2. The van der Waals surface area contributed by atoms with E-state index < -0.39 is 24.9 Å². The van der Waals surface area contributed by atoms with E-state index in [0.717, 1.165) is 0 Å². The topological polar surface area (TPSA) is 38.8 Å². The van der Waals surface area contributed by atoms with Gasteiger partial charge in [0, 0.05) is 32.0 Å². The number of piperidine rings is 1. The summed E-state index contributed by atoms with van der Waals surface area (Å²) < 4.78 is 36.6. The standard InChI is InChI=1S/C15H13Cl2F2NO3/c1-2-7-22-12-9-13(11(17)8-10(12)16)23-14(21)20-5-3-15(18,19)4-6-20/h1,8-9H,3-7H2. The Balaban J connectivity index is 2.07. The fraction of sp³-hybridized carbons (Fsp3) is 0.400. The van der Waals surface area contributed by atoms with Crippen molar-refractivity contribution < 1.29 is 23.0 Å². The molecule has 0 saturated carbocycles. The Labute approximate surface area is 142 Å². The first-order chi connectivity index (χ1) is 10.8. The molecule has 2 rings (SSSR count). The molecule has 1 aliphatic rings. The van der Waals surface area contributed by atoms with Crippen molar-refractivity contribution >= 4 is 29.3 Å². The van der Waals surface area contributed by atoms with E-state index in [4.69, 9.17) is 39.1 Å². The van der Waals surface area contributed by atoms with E-state index in [1.807, 2.05) is 0 Å². The largest absolute Gasteiger partial charge is 0.479 e. The maximum atomic E-state index is 13.1. The molecule has 1 aliphatic heterocycles. The van der Waals surface area contributed by atoms with Crippen molar-refractivity contribution in [2.24, 2.45) is 0 Å². The minimum atomic E-state index is -2.75. The number of carbonyl (C=O) groups excluding carboxylic acids is 1. The Morgan fingerprint density at radius 1 is 1.26 bits per heavy atom. The highest BCUT2D eigenvalue weighted by molar-refractivity contribution is 6.36. The maximum Gasteiger partial charge on any atom is 0.415 e. The maximum absolute atomic E-state index is 13.1. The van der Waals surface area contributed by atoms with Gasteiger partial charge in [0.2, 0.25) is 0 Å². The molecule has 0 aliphatic carbocycles. The van der Waals surface area contributed by atoms with Gasteiger partial charge in [0.1, 0.15) is 12.4 Å². The lowest BCUT2D eigenvalue weighted by atomic mass is 10.1. The fourth-order valence-electron chi connectivity index (χ4n) is 1.99. The van der Waals surface area contributed by atoms with Crippen molar-refractivity contribution in [3.05, 3.63) is 22.2 Å². The summed E-state index contributed by atoms with van der Waals surface area (Å²) in [4.78, 5) is 13.2. The first kappa shape index (κ1) is 17.6. The van der Waals surface area contributed by atoms with Crippen molar-refractivity contribution in [3.8, 4) is 23.8 Å². The molecule has 1 aromatic rings. The van der Waals surface area contributed by atoms with Crippen LogP contribution in [0, 0.1) is 12.3 Å². The Hall–Kier alpha value is -1.71. The van der Waals surface area contributed by atoms with Crippen LogP contribution in [-0.2, 0) is 0 Å². The number of hydrogen-bond donors (Lipinski definition) is 0. The van der Waals surface area contributed by atoms with Crippen LogP contribution in [0.25, 0.3) is 0 Å². The van der Waals surface area contributed by atoms with Gasteiger partial charge in [-0.3, -0.25) is 0 Å². The van der Waals surface area contributed by atoms with Crippen LogP contribution < -0.4 is 9.47 Å². The molecule has 1 aromatic carbocycles. The quantitative estimate of drug-likeness (QED) is 0.754. The smallest absolute Gasteiger partial charge is 0.415 e. The van der Waals surface area contributed by atoms with E-state index in [2.05, 4.69) is 5.92 Å². The summed E-state index contributed by atoms with van der Waals surface area (Å²) in [5, 5.41) is 0.307. The number of likely N-dealkylation sites (tertiary alicyclic amines) is 1. The molecule has 4 nitrogen and oxygen atoms in total. The summed E-state index contributed by atoms with van der Waals surface area (Å²) in [6.07, 6.45) is 3.55. The van der Waals surface area contributed by atoms with E-state index in [1.54, 1.807) is 0 Å². The lowest BCUT2D eigenvalue weighted by Crippen LogP contribution is -2.43. The summed E-state index contributed by atoms with van der Waals surface area (Å²) in [7, 11) is 0. The number of halogens is 4. The van der Waals surface area contributed by atoms with Crippen molar-refractivity contribution in [1.29, 1.82) is 0 Å². The predicted molar refractivity (Wildman–Crippen MR) is 82.6 cm³/mol. The highest BCUT2D eigenvalue weighted by atomic mass is 35.5. The fourth-order valence-corrected chi connectivity index (χ4v) is 2.47. The number of carbonyl (C=O) groups is 1. The molecule has 0 N–H and O–H groups in total. The molecule has 124 valence electrons. The van der Waals surface area contributed by atoms with E-state index in [0.29, 0.717) is 0 Å². The van der Waals surface area contributed by atoms with Crippen LogP contribution in [0.2, 0.25) is 10.0 Å². The molecule has 0 aromatic heterocycles. The number of rotatable bonds is 3. The molecule has 0 unspecified atom stereocenters. The average molecular weight is 364 g/mol. The Kier molecular flexibility index (Phi) is 5.55. The summed E-state index contributed by atoms with van der Waals surface area (Å²) in [5.74, 6) is -0.239. The number of alkyl halides is 2. The molecular weight excluding hydrogens is 351 g/mol. The number of nitrogens with zero attached hydrogens (tertiary/aromatic N) is 1. The van der Waals surface area contributed by atoms with Gasteiger partial charge < -0.3 is 14.4 Å². The second-order valence-corrected chi connectivity index (χ2v) is 5.73. The van der Waals surface area contributed by atoms with Crippen LogP contribution in [-0.4, -0.2) is 36.6 Å². The SMILES string of the molecule is C#CCOc1cc(OC(=O)N2CCC(F)(F)CC2)c(Cl)cc1Cl. The molecule has 0 spiro atoms. The number of hydrogen-bond acceptors (Lipinski definition) is 3. The van der Waals surface area contributed by atoms with Gasteiger partial charge in [-0.15, -0.1) is 6.42 Å². The highest BCUT2D eigenvalue weighted by Gasteiger charge is 2.36. The number of terminal acetylenes is 1. The van der Waals surface area contributed by atoms with Gasteiger partial charge in [0.25, 0.3) is 5.92 Å². The summed E-state index contributed by atoms with van der Waals surface area (Å²) in [6.45, 7) is -0.190. The van der Waals surface area contributed by atoms with Crippen molar-refractivity contribution in [2.75, 3.05) is 19.7 Å². The zero-order valence-electron chi connectivity index (χ0n) is 12.0. The molecular formula is C15H13Cl2F2NO3. The highest BCUT2D eigenvalue weighted by Crippen LogP contribution is 2.36. The second kappa shape index (κ2) is 7.24. The molecule has 23 heavy (non-hydrogen) atoms. The van der Waals surface area contributed by atoms with Gasteiger partial charge in [-0.05, 0) is 6.07 Å². The minimum absolute atomic E-state index is 0.0179.